The summed E-state index contributed by atoms with van der Waals surface area (Å²) in [5, 5.41) is 31.0. The number of rotatable bonds is 5. The van der Waals surface area contributed by atoms with Crippen molar-refractivity contribution in [2.24, 2.45) is 0 Å². The molecule has 0 saturated heterocycles. The molecule has 0 radical (unpaired) electrons. The Morgan fingerprint density at radius 2 is 1.53 bits per heavy atom. The van der Waals surface area contributed by atoms with Crippen LogP contribution in [0.4, 0.5) is 14.5 Å². The summed E-state index contributed by atoms with van der Waals surface area (Å²) in [5.41, 5.74) is -1.53. The monoisotopic (exact) mass is 515 g/mol. The van der Waals surface area contributed by atoms with Gasteiger partial charge >= 0.3 is 11.9 Å². The first-order valence-corrected chi connectivity index (χ1v) is 11.5. The van der Waals surface area contributed by atoms with Crippen molar-refractivity contribution in [3.05, 3.63) is 76.4 Å². The molecule has 5 rings (SSSR count). The number of carboxylic acids is 1. The molecule has 9 nitrogen and oxygen atoms in total. The molecular formula is C24H15F2NO8S. The summed E-state index contributed by atoms with van der Waals surface area (Å²) in [6, 6.07) is 8.00. The van der Waals surface area contributed by atoms with Crippen molar-refractivity contribution in [3.8, 4) is 23.0 Å². The van der Waals surface area contributed by atoms with Crippen LogP contribution < -0.4 is 10.1 Å². The number of aromatic hydroxyl groups is 2. The normalized spacial score (nSPS) is 14.3. The summed E-state index contributed by atoms with van der Waals surface area (Å²) >= 11 is 0.893. The molecule has 36 heavy (non-hydrogen) atoms. The number of anilines is 1. The molecule has 1 amide bonds. The number of halogens is 2. The molecule has 12 heteroatoms. The second kappa shape index (κ2) is 8.41. The zero-order valence-electron chi connectivity index (χ0n) is 18.0. The predicted octanol–water partition coefficient (Wildman–Crippen LogP) is 3.70. The van der Waals surface area contributed by atoms with Crippen molar-refractivity contribution in [3.63, 3.8) is 0 Å². The Hall–Kier alpha value is -4.32. The first kappa shape index (κ1) is 23.4. The van der Waals surface area contributed by atoms with Gasteiger partial charge in [0.15, 0.2) is 28.7 Å². The molecule has 1 spiro atoms. The number of amides is 1. The lowest BCUT2D eigenvalue weighted by Gasteiger charge is -2.36. The number of nitrogens with one attached hydrogen (secondary N) is 1. The minimum absolute atomic E-state index is 0.00763. The average Bonchev–Trinajstić information content (AvgIpc) is 3.09. The number of fused-ring (bicyclic) bond motifs is 6. The van der Waals surface area contributed by atoms with Crippen LogP contribution in [0.5, 0.6) is 23.0 Å². The number of thioether (sulfide) groups is 1. The zero-order chi connectivity index (χ0) is 25.8. The number of carboxylic acid groups (broad SMARTS) is 1. The maximum atomic E-state index is 14.4. The maximum Gasteiger partial charge on any atom is 0.340 e. The van der Waals surface area contributed by atoms with E-state index in [1.807, 2.05) is 0 Å². The lowest BCUT2D eigenvalue weighted by molar-refractivity contribution is -0.133. The van der Waals surface area contributed by atoms with Gasteiger partial charge in [0, 0.05) is 23.4 Å². The number of benzene rings is 3. The minimum atomic E-state index is -1.88. The van der Waals surface area contributed by atoms with Gasteiger partial charge in [0.1, 0.15) is 11.5 Å². The van der Waals surface area contributed by atoms with Crippen molar-refractivity contribution >= 4 is 35.3 Å². The molecule has 3 aromatic carbocycles. The minimum Gasteiger partial charge on any atom is -0.505 e. The Bertz CT molecular complexity index is 1420. The molecule has 184 valence electrons. The first-order valence-electron chi connectivity index (χ1n) is 10.3. The third-order valence-electron chi connectivity index (χ3n) is 5.68. The van der Waals surface area contributed by atoms with E-state index >= 15 is 0 Å². The highest BCUT2D eigenvalue weighted by Crippen LogP contribution is 2.57. The van der Waals surface area contributed by atoms with E-state index in [4.69, 9.17) is 14.6 Å². The van der Waals surface area contributed by atoms with E-state index in [1.54, 1.807) is 0 Å². The smallest absolute Gasteiger partial charge is 0.340 e. The number of carbonyl (C=O) groups is 3. The van der Waals surface area contributed by atoms with Crippen molar-refractivity contribution in [1.82, 2.24) is 0 Å². The fraction of sp³-hybridized carbons (Fsp3) is 0.125. The Balaban J connectivity index is 1.62. The number of hydrogen-bond donors (Lipinski definition) is 4. The van der Waals surface area contributed by atoms with E-state index in [-0.39, 0.29) is 50.9 Å². The molecule has 2 aliphatic rings. The highest BCUT2D eigenvalue weighted by molar-refractivity contribution is 8.00. The maximum absolute atomic E-state index is 14.4. The number of phenolic OH excluding ortho intramolecular Hbond substituents is 2. The highest BCUT2D eigenvalue weighted by atomic mass is 32.2. The van der Waals surface area contributed by atoms with E-state index in [0.717, 1.165) is 36.0 Å². The SMILES string of the molecule is O=C(O)CSCC(=O)Nc1ccc2c(c1)C(=O)OC21c2cc(F)c(O)cc2Oc2cc(O)c(F)cc21. The van der Waals surface area contributed by atoms with E-state index in [2.05, 4.69) is 5.32 Å². The van der Waals surface area contributed by atoms with Crippen molar-refractivity contribution in [2.45, 2.75) is 5.60 Å². The van der Waals surface area contributed by atoms with Crippen LogP contribution in [0.3, 0.4) is 0 Å². The van der Waals surface area contributed by atoms with E-state index in [9.17, 15) is 33.4 Å². The molecule has 2 heterocycles. The fourth-order valence-corrected chi connectivity index (χ4v) is 4.78. The molecule has 0 saturated carbocycles. The van der Waals surface area contributed by atoms with Gasteiger partial charge in [-0.15, -0.1) is 11.8 Å². The topological polar surface area (TPSA) is 142 Å². The molecule has 0 atom stereocenters. The first-order chi connectivity index (χ1) is 17.1. The predicted molar refractivity (Wildman–Crippen MR) is 122 cm³/mol. The standard InChI is InChI=1S/C24H15F2NO8S/c25-15-4-13-19(6-17(15)28)34-20-7-18(29)16(26)5-14(20)24(13)12-2-1-10(3-11(12)23(33)35-24)27-21(30)8-36-9-22(31)32/h1-7,28-29H,8-9H2,(H,27,30)(H,31,32). The number of carbonyl (C=O) groups excluding carboxylic acids is 2. The Kier molecular flexibility index (Phi) is 5.47. The van der Waals surface area contributed by atoms with Gasteiger partial charge in [0.2, 0.25) is 5.91 Å². The summed E-state index contributed by atoms with van der Waals surface area (Å²) in [5.74, 6) is -6.53. The molecule has 0 fully saturated rings. The Morgan fingerprint density at radius 3 is 2.11 bits per heavy atom. The van der Waals surface area contributed by atoms with E-state index in [0.29, 0.717) is 0 Å². The van der Waals surface area contributed by atoms with Gasteiger partial charge in [0.05, 0.1) is 28.2 Å². The van der Waals surface area contributed by atoms with Crippen LogP contribution in [-0.4, -0.2) is 44.7 Å². The van der Waals surface area contributed by atoms with Gasteiger partial charge in [-0.25, -0.2) is 13.6 Å². The number of esters is 1. The molecule has 0 aliphatic carbocycles. The van der Waals surface area contributed by atoms with Gasteiger partial charge in [-0.1, -0.05) is 6.07 Å². The molecule has 0 unspecified atom stereocenters. The van der Waals surface area contributed by atoms with Gasteiger partial charge in [0.25, 0.3) is 0 Å². The van der Waals surface area contributed by atoms with Crippen LogP contribution in [0, 0.1) is 11.6 Å². The van der Waals surface area contributed by atoms with Gasteiger partial charge in [-0.2, -0.15) is 0 Å². The molecule has 3 aromatic rings. The molecule has 2 aliphatic heterocycles. The van der Waals surface area contributed by atoms with Crippen LogP contribution in [-0.2, 0) is 19.9 Å². The highest BCUT2D eigenvalue weighted by Gasteiger charge is 2.54. The summed E-state index contributed by atoms with van der Waals surface area (Å²) in [6.45, 7) is 0. The van der Waals surface area contributed by atoms with E-state index < -0.39 is 46.6 Å². The average molecular weight is 515 g/mol. The van der Waals surface area contributed by atoms with Gasteiger partial charge in [-0.05, 0) is 24.3 Å². The molecule has 0 bridgehead atoms. The lowest BCUT2D eigenvalue weighted by Crippen LogP contribution is -2.33. The third kappa shape index (κ3) is 3.66. The zero-order valence-corrected chi connectivity index (χ0v) is 18.8. The van der Waals surface area contributed by atoms with Crippen LogP contribution >= 0.6 is 11.8 Å². The van der Waals surface area contributed by atoms with Crippen LogP contribution in [0.25, 0.3) is 0 Å². The third-order valence-corrected chi connectivity index (χ3v) is 6.60. The molecule has 0 aromatic heterocycles. The number of hydrogen-bond acceptors (Lipinski definition) is 8. The largest absolute Gasteiger partial charge is 0.505 e. The fourth-order valence-electron chi connectivity index (χ4n) is 4.24. The lowest BCUT2D eigenvalue weighted by atomic mass is 9.77. The van der Waals surface area contributed by atoms with Crippen LogP contribution in [0.2, 0.25) is 0 Å². The van der Waals surface area contributed by atoms with Crippen molar-refractivity contribution in [1.29, 1.82) is 0 Å². The Morgan fingerprint density at radius 1 is 0.917 bits per heavy atom. The summed E-state index contributed by atoms with van der Waals surface area (Å²) < 4.78 is 40.3. The van der Waals surface area contributed by atoms with Crippen LogP contribution in [0.1, 0.15) is 27.0 Å². The number of phenols is 2. The number of aliphatic carboxylic acids is 1. The number of ether oxygens (including phenoxy) is 2. The second-order valence-electron chi connectivity index (χ2n) is 7.97. The van der Waals surface area contributed by atoms with E-state index in [1.165, 1.54) is 18.2 Å². The molecular weight excluding hydrogens is 500 g/mol. The summed E-state index contributed by atoms with van der Waals surface area (Å²) in [6.07, 6.45) is 0. The second-order valence-corrected chi connectivity index (χ2v) is 8.95. The summed E-state index contributed by atoms with van der Waals surface area (Å²) in [7, 11) is 0. The van der Waals surface area contributed by atoms with Crippen molar-refractivity contribution < 1.29 is 48.0 Å². The molecule has 4 N–H and O–H groups in total. The van der Waals surface area contributed by atoms with Gasteiger partial charge < -0.3 is 30.1 Å². The van der Waals surface area contributed by atoms with Crippen molar-refractivity contribution in [2.75, 3.05) is 16.8 Å². The van der Waals surface area contributed by atoms with Crippen LogP contribution in [0.15, 0.2) is 42.5 Å². The summed E-state index contributed by atoms with van der Waals surface area (Å²) in [4.78, 5) is 35.8. The van der Waals surface area contributed by atoms with Gasteiger partial charge in [-0.3, -0.25) is 9.59 Å². The Labute approximate surface area is 205 Å². The quantitative estimate of drug-likeness (QED) is 0.374.